The number of rotatable bonds is 12. The second-order valence-corrected chi connectivity index (χ2v) is 6.93. The van der Waals surface area contributed by atoms with Gasteiger partial charge in [0.1, 0.15) is 23.9 Å². The number of hydrogen-bond acceptors (Lipinski definition) is 8. The van der Waals surface area contributed by atoms with Crippen LogP contribution in [0, 0.1) is 0 Å². The average Bonchev–Trinajstić information content (AvgIpc) is 2.75. The van der Waals surface area contributed by atoms with Crippen LogP contribution in [0.3, 0.4) is 0 Å². The minimum absolute atomic E-state index is 0.119. The number of amides is 1. The van der Waals surface area contributed by atoms with Gasteiger partial charge in [-0.25, -0.2) is 4.79 Å². The average molecular weight is 437 g/mol. The molecule has 0 saturated heterocycles. The molecule has 1 atom stereocenters. The van der Waals surface area contributed by atoms with Crippen LogP contribution in [0.15, 0.2) is 40.9 Å². The van der Waals surface area contributed by atoms with E-state index in [1.165, 1.54) is 11.8 Å². The minimum atomic E-state index is -0.847. The molecule has 0 saturated carbocycles. The molecule has 0 aromatic heterocycles. The van der Waals surface area contributed by atoms with Crippen LogP contribution in [0.4, 0.5) is 0 Å². The zero-order chi connectivity index (χ0) is 22.4. The van der Waals surface area contributed by atoms with Crippen molar-refractivity contribution in [2.75, 3.05) is 31.8 Å². The summed E-state index contributed by atoms with van der Waals surface area (Å²) in [6.07, 6.45) is 3.42. The van der Waals surface area contributed by atoms with Crippen molar-refractivity contribution < 1.29 is 29.0 Å². The van der Waals surface area contributed by atoms with Crippen LogP contribution in [0.2, 0.25) is 0 Å². The second kappa shape index (κ2) is 14.2. The number of hydrogen-bond donors (Lipinski definition) is 2. The number of esters is 2. The minimum Gasteiger partial charge on any atom is -0.506 e. The summed E-state index contributed by atoms with van der Waals surface area (Å²) in [6.45, 7) is 3.39. The highest BCUT2D eigenvalue weighted by atomic mass is 32.2. The van der Waals surface area contributed by atoms with Gasteiger partial charge in [-0.2, -0.15) is 11.8 Å². The van der Waals surface area contributed by atoms with E-state index in [1.807, 2.05) is 6.26 Å². The van der Waals surface area contributed by atoms with Crippen molar-refractivity contribution in [1.82, 2.24) is 5.32 Å². The summed E-state index contributed by atoms with van der Waals surface area (Å²) in [4.78, 5) is 40.5. The molecule has 0 radical (unpaired) electrons. The Morgan fingerprint density at radius 1 is 1.17 bits per heavy atom. The molecule has 0 aliphatic carbocycles. The van der Waals surface area contributed by atoms with Gasteiger partial charge in [0, 0.05) is 11.8 Å². The number of aliphatic imine (C=N–C) groups is 1. The molecule has 30 heavy (non-hydrogen) atoms. The highest BCUT2D eigenvalue weighted by molar-refractivity contribution is 7.98. The van der Waals surface area contributed by atoms with E-state index in [2.05, 4.69) is 10.3 Å². The molecule has 0 bridgehead atoms. The number of carbonyl (C=O) groups is 3. The maximum absolute atomic E-state index is 12.5. The quantitative estimate of drug-likeness (QED) is 0.224. The van der Waals surface area contributed by atoms with Crippen molar-refractivity contribution in [2.24, 2.45) is 4.99 Å². The monoisotopic (exact) mass is 436 g/mol. The van der Waals surface area contributed by atoms with Crippen LogP contribution in [-0.2, 0) is 23.9 Å². The van der Waals surface area contributed by atoms with Crippen LogP contribution in [-0.4, -0.2) is 67.0 Å². The van der Waals surface area contributed by atoms with Crippen LogP contribution in [0.5, 0.6) is 0 Å². The maximum atomic E-state index is 12.5. The number of ether oxygens (including phenoxy) is 2. The fourth-order valence-electron chi connectivity index (χ4n) is 2.33. The van der Waals surface area contributed by atoms with Crippen molar-refractivity contribution >= 4 is 41.6 Å². The van der Waals surface area contributed by atoms with E-state index in [0.717, 1.165) is 6.21 Å². The molecule has 0 spiro atoms. The highest BCUT2D eigenvalue weighted by Crippen LogP contribution is 2.16. The normalized spacial score (nSPS) is 12.8. The van der Waals surface area contributed by atoms with Gasteiger partial charge in [-0.1, -0.05) is 30.3 Å². The largest absolute Gasteiger partial charge is 0.506 e. The Kier molecular flexibility index (Phi) is 12.0. The Balaban J connectivity index is 3.10. The summed E-state index contributed by atoms with van der Waals surface area (Å²) in [5.74, 6) is -1.44. The Labute approximate surface area is 180 Å². The Hall–Kier alpha value is -2.81. The zero-order valence-corrected chi connectivity index (χ0v) is 18.2. The third kappa shape index (κ3) is 8.69. The number of nitrogens with one attached hydrogen (secondary N) is 1. The van der Waals surface area contributed by atoms with E-state index in [0.29, 0.717) is 17.7 Å². The fraction of sp³-hybridized carbons (Fsp3) is 0.429. The molecule has 1 rings (SSSR count). The zero-order valence-electron chi connectivity index (χ0n) is 17.4. The lowest BCUT2D eigenvalue weighted by Crippen LogP contribution is -2.38. The van der Waals surface area contributed by atoms with E-state index in [-0.39, 0.29) is 31.1 Å². The Morgan fingerprint density at radius 3 is 2.43 bits per heavy atom. The molecule has 1 aromatic rings. The molecule has 0 fully saturated rings. The predicted molar refractivity (Wildman–Crippen MR) is 118 cm³/mol. The predicted octanol–water partition coefficient (Wildman–Crippen LogP) is 2.39. The van der Waals surface area contributed by atoms with Crippen LogP contribution in [0.1, 0.15) is 25.8 Å². The Bertz CT molecular complexity index is 764. The van der Waals surface area contributed by atoms with Gasteiger partial charge in [0.15, 0.2) is 0 Å². The SMILES string of the molecule is CCOC(=O)CNC(=O)C(CCSC)N=C/C(C(=O)OCC)=C(/O)c1ccccc1. The van der Waals surface area contributed by atoms with Crippen LogP contribution >= 0.6 is 11.8 Å². The molecule has 0 aliphatic rings. The summed E-state index contributed by atoms with van der Waals surface area (Å²) in [7, 11) is 0. The third-order valence-corrected chi connectivity index (χ3v) is 4.44. The van der Waals surface area contributed by atoms with Gasteiger partial charge in [0.2, 0.25) is 5.91 Å². The third-order valence-electron chi connectivity index (χ3n) is 3.79. The number of aliphatic hydroxyl groups excluding tert-OH is 1. The molecule has 9 heteroatoms. The smallest absolute Gasteiger partial charge is 0.343 e. The van der Waals surface area contributed by atoms with E-state index < -0.39 is 23.9 Å². The summed E-state index contributed by atoms with van der Waals surface area (Å²) in [5, 5.41) is 13.0. The summed E-state index contributed by atoms with van der Waals surface area (Å²) >= 11 is 1.53. The topological polar surface area (TPSA) is 114 Å². The summed E-state index contributed by atoms with van der Waals surface area (Å²) in [5.41, 5.74) is 0.259. The molecule has 8 nitrogen and oxygen atoms in total. The number of aliphatic hydroxyl groups is 1. The molecule has 1 amide bonds. The Morgan fingerprint density at radius 2 is 1.83 bits per heavy atom. The van der Waals surface area contributed by atoms with Gasteiger partial charge in [-0.3, -0.25) is 14.6 Å². The molecule has 164 valence electrons. The van der Waals surface area contributed by atoms with Crippen molar-refractivity contribution in [3.05, 3.63) is 41.5 Å². The first-order chi connectivity index (χ1) is 14.4. The molecule has 1 aromatic carbocycles. The molecule has 0 heterocycles. The molecule has 2 N–H and O–H groups in total. The number of benzene rings is 1. The van der Waals surface area contributed by atoms with Gasteiger partial charge < -0.3 is 19.9 Å². The van der Waals surface area contributed by atoms with Gasteiger partial charge in [0.25, 0.3) is 0 Å². The lowest BCUT2D eigenvalue weighted by Gasteiger charge is -2.13. The van der Waals surface area contributed by atoms with Crippen molar-refractivity contribution in [3.63, 3.8) is 0 Å². The lowest BCUT2D eigenvalue weighted by atomic mass is 10.1. The summed E-state index contributed by atoms with van der Waals surface area (Å²) < 4.78 is 9.80. The van der Waals surface area contributed by atoms with E-state index in [9.17, 15) is 19.5 Å². The molecular formula is C21H28N2O6S. The number of carbonyl (C=O) groups excluding carboxylic acids is 3. The first kappa shape index (κ1) is 25.2. The van der Waals surface area contributed by atoms with Gasteiger partial charge in [-0.15, -0.1) is 0 Å². The van der Waals surface area contributed by atoms with Crippen LogP contribution < -0.4 is 5.32 Å². The standard InChI is InChI=1S/C21H28N2O6S/c1-4-28-18(24)14-23-20(26)17(11-12-30-3)22-13-16(21(27)29-5-2)19(25)15-9-7-6-8-10-15/h6-10,13,17,25H,4-5,11-12,14H2,1-3H3,(H,23,26)/b19-16-,22-13?. The number of thioether (sulfide) groups is 1. The highest BCUT2D eigenvalue weighted by Gasteiger charge is 2.20. The van der Waals surface area contributed by atoms with Crippen molar-refractivity contribution in [2.45, 2.75) is 26.3 Å². The summed E-state index contributed by atoms with van der Waals surface area (Å²) in [6, 6.07) is 7.64. The molecular weight excluding hydrogens is 408 g/mol. The van der Waals surface area contributed by atoms with Gasteiger partial charge >= 0.3 is 11.9 Å². The maximum Gasteiger partial charge on any atom is 0.343 e. The van der Waals surface area contributed by atoms with E-state index in [1.54, 1.807) is 44.2 Å². The number of nitrogens with zero attached hydrogens (tertiary/aromatic N) is 1. The lowest BCUT2D eigenvalue weighted by molar-refractivity contribution is -0.143. The van der Waals surface area contributed by atoms with Crippen molar-refractivity contribution in [3.8, 4) is 0 Å². The van der Waals surface area contributed by atoms with Gasteiger partial charge in [-0.05, 0) is 32.3 Å². The molecule has 1 unspecified atom stereocenters. The second-order valence-electron chi connectivity index (χ2n) is 5.95. The van der Waals surface area contributed by atoms with Crippen molar-refractivity contribution in [1.29, 1.82) is 0 Å². The fourth-order valence-corrected chi connectivity index (χ4v) is 2.79. The van der Waals surface area contributed by atoms with E-state index in [4.69, 9.17) is 9.47 Å². The van der Waals surface area contributed by atoms with E-state index >= 15 is 0 Å². The molecule has 0 aliphatic heterocycles. The first-order valence-electron chi connectivity index (χ1n) is 9.55. The van der Waals surface area contributed by atoms with Gasteiger partial charge in [0.05, 0.1) is 13.2 Å². The first-order valence-corrected chi connectivity index (χ1v) is 10.9. The van der Waals surface area contributed by atoms with Crippen LogP contribution in [0.25, 0.3) is 5.76 Å².